The van der Waals surface area contributed by atoms with Gasteiger partial charge < -0.3 is 10.4 Å². The maximum atomic E-state index is 11.4. The van der Waals surface area contributed by atoms with Crippen molar-refractivity contribution >= 4 is 23.6 Å². The van der Waals surface area contributed by atoms with Crippen molar-refractivity contribution in [2.45, 2.75) is 19.4 Å². The number of hydrogen-bond donors (Lipinski definition) is 2. The first-order chi connectivity index (χ1) is 6.56. The molecule has 1 rings (SSSR count). The topological polar surface area (TPSA) is 66.4 Å². The molecule has 0 radical (unpaired) electrons. The Bertz CT molecular complexity index is 244. The minimum absolute atomic E-state index is 0.112. The number of nitrogens with one attached hydrogen (secondary N) is 1. The van der Waals surface area contributed by atoms with Crippen LogP contribution < -0.4 is 5.32 Å². The zero-order chi connectivity index (χ0) is 10.7. The number of carboxylic acids is 1. The lowest BCUT2D eigenvalue weighted by molar-refractivity contribution is -0.140. The second-order valence-corrected chi connectivity index (χ2v) is 4.56. The average molecular weight is 217 g/mol. The molecule has 0 aromatic heterocycles. The van der Waals surface area contributed by atoms with Crippen molar-refractivity contribution in [3.05, 3.63) is 0 Å². The summed E-state index contributed by atoms with van der Waals surface area (Å²) >= 11 is 1.66. The summed E-state index contributed by atoms with van der Waals surface area (Å²) < 4.78 is 0. The van der Waals surface area contributed by atoms with Crippen LogP contribution in [0.2, 0.25) is 0 Å². The monoisotopic (exact) mass is 217 g/mol. The summed E-state index contributed by atoms with van der Waals surface area (Å²) in [7, 11) is 0. The van der Waals surface area contributed by atoms with Gasteiger partial charge in [-0.1, -0.05) is 0 Å². The molecule has 3 atom stereocenters. The van der Waals surface area contributed by atoms with Gasteiger partial charge in [0.15, 0.2) is 0 Å². The van der Waals surface area contributed by atoms with Gasteiger partial charge in [0, 0.05) is 11.8 Å². The lowest BCUT2D eigenvalue weighted by Gasteiger charge is -2.11. The molecule has 0 heterocycles. The summed E-state index contributed by atoms with van der Waals surface area (Å²) in [6.07, 6.45) is 2.47. The SMILES string of the molecule is CSCC(C)NC(=O)[C@@H]1C[C@@H]1C(=O)O. The standard InChI is InChI=1S/C9H15NO3S/c1-5(4-14-2)10-8(11)6-3-7(6)9(12)13/h5-7H,3-4H2,1-2H3,(H,10,11)(H,12,13)/t5?,6-,7+/m1/s1. The van der Waals surface area contributed by atoms with Gasteiger partial charge in [-0.2, -0.15) is 11.8 Å². The summed E-state index contributed by atoms with van der Waals surface area (Å²) in [6, 6.07) is 0.118. The molecule has 0 aromatic rings. The molecule has 1 saturated carbocycles. The van der Waals surface area contributed by atoms with Gasteiger partial charge in [0.2, 0.25) is 5.91 Å². The van der Waals surface area contributed by atoms with Crippen molar-refractivity contribution in [2.75, 3.05) is 12.0 Å². The summed E-state index contributed by atoms with van der Waals surface area (Å²) in [5.41, 5.74) is 0. The van der Waals surface area contributed by atoms with Gasteiger partial charge in [-0.05, 0) is 19.6 Å². The Morgan fingerprint density at radius 2 is 2.21 bits per heavy atom. The highest BCUT2D eigenvalue weighted by Crippen LogP contribution is 2.38. The van der Waals surface area contributed by atoms with E-state index in [-0.39, 0.29) is 17.9 Å². The van der Waals surface area contributed by atoms with Gasteiger partial charge >= 0.3 is 5.97 Å². The number of carbonyl (C=O) groups excluding carboxylic acids is 1. The first-order valence-electron chi connectivity index (χ1n) is 4.58. The number of hydrogen-bond acceptors (Lipinski definition) is 3. The fraction of sp³-hybridized carbons (Fsp3) is 0.778. The molecule has 0 bridgehead atoms. The van der Waals surface area contributed by atoms with Crippen LogP contribution in [0.3, 0.4) is 0 Å². The average Bonchev–Trinajstić information content (AvgIpc) is 2.82. The number of rotatable bonds is 5. The molecular weight excluding hydrogens is 202 g/mol. The molecule has 4 nitrogen and oxygen atoms in total. The van der Waals surface area contributed by atoms with Gasteiger partial charge in [0.05, 0.1) is 11.8 Å². The van der Waals surface area contributed by atoms with E-state index in [1.165, 1.54) is 0 Å². The van der Waals surface area contributed by atoms with Crippen molar-refractivity contribution in [3.8, 4) is 0 Å². The Balaban J connectivity index is 2.27. The van der Waals surface area contributed by atoms with Gasteiger partial charge in [-0.15, -0.1) is 0 Å². The molecule has 1 amide bonds. The largest absolute Gasteiger partial charge is 0.481 e. The third-order valence-corrected chi connectivity index (χ3v) is 3.08. The Kier molecular flexibility index (Phi) is 3.80. The van der Waals surface area contributed by atoms with Crippen LogP contribution in [0.1, 0.15) is 13.3 Å². The van der Waals surface area contributed by atoms with Gasteiger partial charge in [0.1, 0.15) is 0 Å². The summed E-state index contributed by atoms with van der Waals surface area (Å²) in [6.45, 7) is 1.92. The van der Waals surface area contributed by atoms with Gasteiger partial charge in [0.25, 0.3) is 0 Å². The second kappa shape index (κ2) is 4.68. The minimum Gasteiger partial charge on any atom is -0.481 e. The van der Waals surface area contributed by atoms with Crippen molar-refractivity contribution in [1.29, 1.82) is 0 Å². The first kappa shape index (κ1) is 11.4. The first-order valence-corrected chi connectivity index (χ1v) is 5.97. The highest BCUT2D eigenvalue weighted by atomic mass is 32.2. The maximum absolute atomic E-state index is 11.4. The normalized spacial score (nSPS) is 26.7. The van der Waals surface area contributed by atoms with Crippen LogP contribution in [0.4, 0.5) is 0 Å². The molecule has 1 aliphatic carbocycles. The highest BCUT2D eigenvalue weighted by Gasteiger charge is 2.48. The highest BCUT2D eigenvalue weighted by molar-refractivity contribution is 7.98. The summed E-state index contributed by atoms with van der Waals surface area (Å²) in [5, 5.41) is 11.4. The molecule has 1 fully saturated rings. The summed E-state index contributed by atoms with van der Waals surface area (Å²) in [4.78, 5) is 21.9. The molecule has 1 aliphatic rings. The van der Waals surface area contributed by atoms with Crippen molar-refractivity contribution in [1.82, 2.24) is 5.32 Å². The van der Waals surface area contributed by atoms with E-state index in [0.717, 1.165) is 5.75 Å². The minimum atomic E-state index is -0.859. The van der Waals surface area contributed by atoms with Crippen molar-refractivity contribution in [2.24, 2.45) is 11.8 Å². The predicted octanol–water partition coefficient (Wildman–Crippen LogP) is 0.575. The zero-order valence-electron chi connectivity index (χ0n) is 8.32. The Morgan fingerprint density at radius 3 is 2.64 bits per heavy atom. The van der Waals surface area contributed by atoms with E-state index in [9.17, 15) is 9.59 Å². The molecule has 80 valence electrons. The Morgan fingerprint density at radius 1 is 1.57 bits per heavy atom. The smallest absolute Gasteiger partial charge is 0.307 e. The number of thioether (sulfide) groups is 1. The molecule has 2 N–H and O–H groups in total. The van der Waals surface area contributed by atoms with Crippen LogP contribution in [0.15, 0.2) is 0 Å². The molecule has 0 saturated heterocycles. The van der Waals surface area contributed by atoms with Gasteiger partial charge in [-0.3, -0.25) is 9.59 Å². The number of carbonyl (C=O) groups is 2. The third-order valence-electron chi connectivity index (χ3n) is 2.25. The van der Waals surface area contributed by atoms with E-state index in [0.29, 0.717) is 6.42 Å². The van der Waals surface area contributed by atoms with Crippen LogP contribution in [0, 0.1) is 11.8 Å². The number of amides is 1. The van der Waals surface area contributed by atoms with Crippen molar-refractivity contribution < 1.29 is 14.7 Å². The molecule has 0 spiro atoms. The predicted molar refractivity (Wildman–Crippen MR) is 55.2 cm³/mol. The summed E-state index contributed by atoms with van der Waals surface area (Å²) in [5.74, 6) is -0.856. The fourth-order valence-corrected chi connectivity index (χ4v) is 1.98. The molecule has 1 unspecified atom stereocenters. The lowest BCUT2D eigenvalue weighted by atomic mass is 10.3. The van der Waals surface area contributed by atoms with E-state index in [1.807, 2.05) is 13.2 Å². The molecule has 0 aromatic carbocycles. The van der Waals surface area contributed by atoms with E-state index < -0.39 is 11.9 Å². The Labute approximate surface area is 87.4 Å². The maximum Gasteiger partial charge on any atom is 0.307 e. The fourth-order valence-electron chi connectivity index (χ4n) is 1.40. The lowest BCUT2D eigenvalue weighted by Crippen LogP contribution is -2.35. The molecular formula is C9H15NO3S. The van der Waals surface area contributed by atoms with E-state index in [1.54, 1.807) is 11.8 Å². The molecule has 5 heteroatoms. The van der Waals surface area contributed by atoms with Gasteiger partial charge in [-0.25, -0.2) is 0 Å². The molecule has 0 aliphatic heterocycles. The molecule has 14 heavy (non-hydrogen) atoms. The van der Waals surface area contributed by atoms with Crippen molar-refractivity contribution in [3.63, 3.8) is 0 Å². The van der Waals surface area contributed by atoms with Crippen LogP contribution in [0.25, 0.3) is 0 Å². The third kappa shape index (κ3) is 2.90. The number of aliphatic carboxylic acids is 1. The quantitative estimate of drug-likeness (QED) is 0.706. The van der Waals surface area contributed by atoms with Crippen LogP contribution in [-0.2, 0) is 9.59 Å². The van der Waals surface area contributed by atoms with Crippen LogP contribution in [0.5, 0.6) is 0 Å². The van der Waals surface area contributed by atoms with Crippen LogP contribution in [-0.4, -0.2) is 35.0 Å². The van der Waals surface area contributed by atoms with E-state index >= 15 is 0 Å². The van der Waals surface area contributed by atoms with Crippen LogP contribution >= 0.6 is 11.8 Å². The van der Waals surface area contributed by atoms with E-state index in [2.05, 4.69) is 5.32 Å². The van der Waals surface area contributed by atoms with E-state index in [4.69, 9.17) is 5.11 Å². The Hall–Kier alpha value is -0.710. The second-order valence-electron chi connectivity index (χ2n) is 3.65. The number of carboxylic acid groups (broad SMARTS) is 1. The zero-order valence-corrected chi connectivity index (χ0v) is 9.13.